The lowest BCUT2D eigenvalue weighted by Gasteiger charge is -2.44. The molecule has 0 radical (unpaired) electrons. The number of hydrogen-bond donors (Lipinski definition) is 1. The Hall–Kier alpha value is 0.270. The topological polar surface area (TPSA) is 15.3 Å². The number of hydrogen-bond acceptors (Lipinski definition) is 3. The fourth-order valence-electron chi connectivity index (χ4n) is 3.08. The summed E-state index contributed by atoms with van der Waals surface area (Å²) in [6.07, 6.45) is 5.40. The molecule has 2 atom stereocenters. The first-order valence-electron chi connectivity index (χ1n) is 8.19. The van der Waals surface area contributed by atoms with E-state index < -0.39 is 0 Å². The molecule has 1 aliphatic heterocycles. The minimum absolute atomic E-state index is 0.485. The molecule has 2 rings (SSSR count). The first kappa shape index (κ1) is 15.7. The van der Waals surface area contributed by atoms with Crippen LogP contribution in [0.25, 0.3) is 0 Å². The first-order valence-corrected chi connectivity index (χ1v) is 9.24. The van der Waals surface area contributed by atoms with Crippen LogP contribution in [-0.4, -0.2) is 47.6 Å². The average Bonchev–Trinajstić information content (AvgIpc) is 3.24. The molecule has 0 amide bonds. The zero-order valence-electron chi connectivity index (χ0n) is 13.2. The average molecular weight is 285 g/mol. The summed E-state index contributed by atoms with van der Waals surface area (Å²) in [7, 11) is 0. The van der Waals surface area contributed by atoms with Crippen molar-refractivity contribution in [1.82, 2.24) is 10.2 Å². The maximum atomic E-state index is 3.78. The van der Waals surface area contributed by atoms with E-state index in [1.807, 2.05) is 0 Å². The molecule has 3 heteroatoms. The fraction of sp³-hybridized carbons (Fsp3) is 1.00. The summed E-state index contributed by atoms with van der Waals surface area (Å²) < 4.78 is 0. The van der Waals surface area contributed by atoms with Crippen molar-refractivity contribution in [2.24, 2.45) is 5.41 Å². The summed E-state index contributed by atoms with van der Waals surface area (Å²) in [6, 6.07) is 1.57. The highest BCUT2D eigenvalue weighted by Gasteiger charge is 2.35. The number of rotatable bonds is 7. The van der Waals surface area contributed by atoms with E-state index in [-0.39, 0.29) is 0 Å². The number of nitrogens with zero attached hydrogens (tertiary/aromatic N) is 1. The minimum Gasteiger partial charge on any atom is -0.313 e. The van der Waals surface area contributed by atoms with E-state index in [9.17, 15) is 0 Å². The molecule has 1 saturated heterocycles. The van der Waals surface area contributed by atoms with Crippen molar-refractivity contribution in [3.8, 4) is 0 Å². The highest BCUT2D eigenvalue weighted by molar-refractivity contribution is 8.00. The third-order valence-corrected chi connectivity index (χ3v) is 6.73. The van der Waals surface area contributed by atoms with Crippen LogP contribution in [0.15, 0.2) is 0 Å². The molecule has 0 aromatic carbocycles. The second kappa shape index (κ2) is 6.82. The Bertz CT molecular complexity index is 274. The Balaban J connectivity index is 1.93. The van der Waals surface area contributed by atoms with Crippen LogP contribution in [0.2, 0.25) is 0 Å². The molecule has 2 aliphatic rings. The van der Waals surface area contributed by atoms with E-state index in [0.717, 1.165) is 17.3 Å². The quantitative estimate of drug-likeness (QED) is 0.771. The van der Waals surface area contributed by atoms with Crippen molar-refractivity contribution in [3.63, 3.8) is 0 Å². The van der Waals surface area contributed by atoms with Gasteiger partial charge in [0.05, 0.1) is 0 Å². The molecule has 19 heavy (non-hydrogen) atoms. The zero-order chi connectivity index (χ0) is 13.9. The van der Waals surface area contributed by atoms with Crippen LogP contribution in [0.5, 0.6) is 0 Å². The van der Waals surface area contributed by atoms with Gasteiger partial charge in [0, 0.05) is 42.7 Å². The van der Waals surface area contributed by atoms with Gasteiger partial charge in [0.1, 0.15) is 0 Å². The van der Waals surface area contributed by atoms with Crippen LogP contribution in [0.1, 0.15) is 53.4 Å². The molecule has 1 saturated carbocycles. The standard InChI is InChI=1S/C16H32N2S/c1-5-16(6-2,11-17-15-7-8-15)12-18-9-10-19-14(4)13(18)3/h13-15,17H,5-12H2,1-4H3. The fourth-order valence-corrected chi connectivity index (χ4v) is 4.24. The lowest BCUT2D eigenvalue weighted by atomic mass is 9.81. The van der Waals surface area contributed by atoms with Gasteiger partial charge in [-0.3, -0.25) is 4.90 Å². The van der Waals surface area contributed by atoms with Gasteiger partial charge in [-0.25, -0.2) is 0 Å². The van der Waals surface area contributed by atoms with Crippen LogP contribution in [0.4, 0.5) is 0 Å². The first-order chi connectivity index (χ1) is 9.10. The lowest BCUT2D eigenvalue weighted by Crippen LogP contribution is -2.51. The Morgan fingerprint density at radius 1 is 1.21 bits per heavy atom. The van der Waals surface area contributed by atoms with E-state index in [0.29, 0.717) is 5.41 Å². The van der Waals surface area contributed by atoms with Crippen LogP contribution in [0.3, 0.4) is 0 Å². The maximum Gasteiger partial charge on any atom is 0.0184 e. The zero-order valence-corrected chi connectivity index (χ0v) is 14.1. The van der Waals surface area contributed by atoms with Gasteiger partial charge >= 0.3 is 0 Å². The summed E-state index contributed by atoms with van der Waals surface area (Å²) in [5, 5.41) is 4.57. The smallest absolute Gasteiger partial charge is 0.0184 e. The van der Waals surface area contributed by atoms with E-state index in [1.165, 1.54) is 51.1 Å². The third-order valence-electron chi connectivity index (χ3n) is 5.40. The van der Waals surface area contributed by atoms with E-state index >= 15 is 0 Å². The van der Waals surface area contributed by atoms with E-state index in [1.54, 1.807) is 0 Å². The molecule has 2 nitrogen and oxygen atoms in total. The van der Waals surface area contributed by atoms with Gasteiger partial charge in [-0.15, -0.1) is 0 Å². The van der Waals surface area contributed by atoms with Crippen molar-refractivity contribution >= 4 is 11.8 Å². The van der Waals surface area contributed by atoms with Crippen LogP contribution >= 0.6 is 11.8 Å². The molecule has 2 unspecified atom stereocenters. The summed E-state index contributed by atoms with van der Waals surface area (Å²) >= 11 is 2.14. The lowest BCUT2D eigenvalue weighted by molar-refractivity contribution is 0.106. The van der Waals surface area contributed by atoms with Gasteiger partial charge in [-0.2, -0.15) is 11.8 Å². The molecule has 0 bridgehead atoms. The van der Waals surface area contributed by atoms with Crippen molar-refractivity contribution in [3.05, 3.63) is 0 Å². The molecular weight excluding hydrogens is 252 g/mol. The van der Waals surface area contributed by atoms with Crippen LogP contribution < -0.4 is 5.32 Å². The molecule has 0 aromatic rings. The maximum absolute atomic E-state index is 3.78. The van der Waals surface area contributed by atoms with Crippen molar-refractivity contribution in [2.45, 2.75) is 70.7 Å². The summed E-state index contributed by atoms with van der Waals surface area (Å²) in [4.78, 5) is 2.75. The number of thioether (sulfide) groups is 1. The van der Waals surface area contributed by atoms with Gasteiger partial charge in [-0.05, 0) is 38.0 Å². The highest BCUT2D eigenvalue weighted by atomic mass is 32.2. The van der Waals surface area contributed by atoms with Crippen molar-refractivity contribution < 1.29 is 0 Å². The SMILES string of the molecule is CCC(CC)(CNC1CC1)CN1CCSC(C)C1C. The third kappa shape index (κ3) is 4.12. The Labute approximate surface area is 124 Å². The Morgan fingerprint density at radius 3 is 2.47 bits per heavy atom. The van der Waals surface area contributed by atoms with Gasteiger partial charge in [0.2, 0.25) is 0 Å². The predicted molar refractivity (Wildman–Crippen MR) is 87.0 cm³/mol. The van der Waals surface area contributed by atoms with Gasteiger partial charge in [-0.1, -0.05) is 20.8 Å². The van der Waals surface area contributed by atoms with Gasteiger partial charge in [0.25, 0.3) is 0 Å². The molecule has 1 aliphatic carbocycles. The predicted octanol–water partition coefficient (Wildman–Crippen LogP) is 3.37. The van der Waals surface area contributed by atoms with E-state index in [2.05, 4.69) is 49.7 Å². The highest BCUT2D eigenvalue weighted by Crippen LogP contribution is 2.33. The Morgan fingerprint density at radius 2 is 1.89 bits per heavy atom. The Kier molecular flexibility index (Phi) is 5.62. The molecule has 1 heterocycles. The molecule has 1 N–H and O–H groups in total. The molecule has 0 aromatic heterocycles. The molecule has 112 valence electrons. The summed E-state index contributed by atoms with van der Waals surface area (Å²) in [5.41, 5.74) is 0.485. The van der Waals surface area contributed by atoms with Crippen LogP contribution in [-0.2, 0) is 0 Å². The van der Waals surface area contributed by atoms with E-state index in [4.69, 9.17) is 0 Å². The second-order valence-electron chi connectivity index (χ2n) is 6.65. The molecule has 2 fully saturated rings. The largest absolute Gasteiger partial charge is 0.313 e. The normalized spacial score (nSPS) is 29.7. The minimum atomic E-state index is 0.485. The van der Waals surface area contributed by atoms with Crippen molar-refractivity contribution in [1.29, 1.82) is 0 Å². The molecule has 0 spiro atoms. The van der Waals surface area contributed by atoms with Gasteiger partial charge < -0.3 is 5.32 Å². The van der Waals surface area contributed by atoms with Crippen LogP contribution in [0, 0.1) is 5.41 Å². The van der Waals surface area contributed by atoms with Crippen molar-refractivity contribution in [2.75, 3.05) is 25.4 Å². The van der Waals surface area contributed by atoms with Gasteiger partial charge in [0.15, 0.2) is 0 Å². The summed E-state index contributed by atoms with van der Waals surface area (Å²) in [6.45, 7) is 13.4. The number of nitrogens with one attached hydrogen (secondary N) is 1. The monoisotopic (exact) mass is 284 g/mol. The molecular formula is C16H32N2S. The second-order valence-corrected chi connectivity index (χ2v) is 8.13. The summed E-state index contributed by atoms with van der Waals surface area (Å²) in [5.74, 6) is 1.31.